The SMILES string of the molecule is CC1(C)CCCC1C(=O)Nc1ccccc1CO. The number of nitrogens with one attached hydrogen (secondary N) is 1. The summed E-state index contributed by atoms with van der Waals surface area (Å²) in [7, 11) is 0. The Hall–Kier alpha value is -1.35. The van der Waals surface area contributed by atoms with Crippen LogP contribution in [-0.4, -0.2) is 11.0 Å². The molecule has 0 heterocycles. The molecule has 1 aliphatic carbocycles. The van der Waals surface area contributed by atoms with E-state index in [9.17, 15) is 9.90 Å². The van der Waals surface area contributed by atoms with Crippen LogP contribution in [0.4, 0.5) is 5.69 Å². The first kappa shape index (κ1) is 13.1. The fourth-order valence-electron chi connectivity index (χ4n) is 2.81. The topological polar surface area (TPSA) is 49.3 Å². The zero-order valence-electron chi connectivity index (χ0n) is 11.1. The van der Waals surface area contributed by atoms with Gasteiger partial charge in [0.1, 0.15) is 0 Å². The number of aliphatic hydroxyl groups is 1. The van der Waals surface area contributed by atoms with Crippen molar-refractivity contribution in [2.75, 3.05) is 5.32 Å². The molecule has 98 valence electrons. The van der Waals surface area contributed by atoms with Crippen molar-refractivity contribution >= 4 is 11.6 Å². The Bertz CT molecular complexity index is 440. The van der Waals surface area contributed by atoms with E-state index >= 15 is 0 Å². The van der Waals surface area contributed by atoms with Gasteiger partial charge >= 0.3 is 0 Å². The highest BCUT2D eigenvalue weighted by molar-refractivity contribution is 5.93. The number of para-hydroxylation sites is 1. The van der Waals surface area contributed by atoms with Gasteiger partial charge in [0.2, 0.25) is 5.91 Å². The number of anilines is 1. The van der Waals surface area contributed by atoms with Crippen LogP contribution in [0.25, 0.3) is 0 Å². The highest BCUT2D eigenvalue weighted by Gasteiger charge is 2.39. The summed E-state index contributed by atoms with van der Waals surface area (Å²) in [5, 5.41) is 12.2. The van der Waals surface area contributed by atoms with Crippen LogP contribution in [0.15, 0.2) is 24.3 Å². The molecule has 1 unspecified atom stereocenters. The van der Waals surface area contributed by atoms with E-state index in [0.717, 1.165) is 30.5 Å². The quantitative estimate of drug-likeness (QED) is 0.862. The Balaban J connectivity index is 2.12. The Morgan fingerprint density at radius 3 is 2.78 bits per heavy atom. The molecule has 2 N–H and O–H groups in total. The van der Waals surface area contributed by atoms with Gasteiger partial charge < -0.3 is 10.4 Å². The largest absolute Gasteiger partial charge is 0.392 e. The van der Waals surface area contributed by atoms with Gasteiger partial charge in [0, 0.05) is 17.2 Å². The van der Waals surface area contributed by atoms with E-state index < -0.39 is 0 Å². The van der Waals surface area contributed by atoms with Crippen LogP contribution in [0.5, 0.6) is 0 Å². The lowest BCUT2D eigenvalue weighted by atomic mass is 9.81. The summed E-state index contributed by atoms with van der Waals surface area (Å²) >= 11 is 0. The van der Waals surface area contributed by atoms with Crippen LogP contribution in [0.2, 0.25) is 0 Å². The molecule has 2 rings (SSSR count). The normalized spacial score (nSPS) is 21.8. The van der Waals surface area contributed by atoms with E-state index in [1.807, 2.05) is 24.3 Å². The molecule has 0 spiro atoms. The summed E-state index contributed by atoms with van der Waals surface area (Å²) in [6.07, 6.45) is 3.18. The zero-order chi connectivity index (χ0) is 13.2. The van der Waals surface area contributed by atoms with E-state index in [1.54, 1.807) is 0 Å². The zero-order valence-corrected chi connectivity index (χ0v) is 11.1. The highest BCUT2D eigenvalue weighted by Crippen LogP contribution is 2.43. The van der Waals surface area contributed by atoms with Crippen LogP contribution in [0.1, 0.15) is 38.7 Å². The van der Waals surface area contributed by atoms with E-state index in [2.05, 4.69) is 19.2 Å². The summed E-state index contributed by atoms with van der Waals surface area (Å²) in [4.78, 5) is 12.3. The Morgan fingerprint density at radius 2 is 2.17 bits per heavy atom. The first-order valence-electron chi connectivity index (χ1n) is 6.54. The number of carbonyl (C=O) groups is 1. The van der Waals surface area contributed by atoms with Crippen molar-refractivity contribution in [2.24, 2.45) is 11.3 Å². The third-order valence-corrected chi connectivity index (χ3v) is 4.02. The first-order valence-corrected chi connectivity index (χ1v) is 6.54. The minimum absolute atomic E-state index is 0.0511. The summed E-state index contributed by atoms with van der Waals surface area (Å²) < 4.78 is 0. The predicted octanol–water partition coefficient (Wildman–Crippen LogP) is 2.94. The smallest absolute Gasteiger partial charge is 0.228 e. The summed E-state index contributed by atoms with van der Waals surface area (Å²) in [5.74, 6) is 0.155. The second-order valence-corrected chi connectivity index (χ2v) is 5.74. The summed E-state index contributed by atoms with van der Waals surface area (Å²) in [6.45, 7) is 4.26. The summed E-state index contributed by atoms with van der Waals surface area (Å²) in [5.41, 5.74) is 1.58. The standard InChI is InChI=1S/C15H21NO2/c1-15(2)9-5-7-12(15)14(18)16-13-8-4-3-6-11(13)10-17/h3-4,6,8,12,17H,5,7,9-10H2,1-2H3,(H,16,18). The maximum absolute atomic E-state index is 12.3. The van der Waals surface area contributed by atoms with Gasteiger partial charge in [0.05, 0.1) is 6.61 Å². The maximum atomic E-state index is 12.3. The summed E-state index contributed by atoms with van der Waals surface area (Å²) in [6, 6.07) is 7.40. The minimum Gasteiger partial charge on any atom is -0.392 e. The van der Waals surface area contributed by atoms with Gasteiger partial charge in [-0.25, -0.2) is 0 Å². The fraction of sp³-hybridized carbons (Fsp3) is 0.533. The number of rotatable bonds is 3. The molecule has 3 heteroatoms. The van der Waals surface area contributed by atoms with E-state index in [0.29, 0.717) is 0 Å². The van der Waals surface area contributed by atoms with Crippen molar-refractivity contribution in [3.05, 3.63) is 29.8 Å². The van der Waals surface area contributed by atoms with Crippen molar-refractivity contribution in [2.45, 2.75) is 39.7 Å². The molecule has 0 saturated heterocycles. The van der Waals surface area contributed by atoms with Gasteiger partial charge in [-0.1, -0.05) is 38.5 Å². The van der Waals surface area contributed by atoms with Crippen molar-refractivity contribution in [3.8, 4) is 0 Å². The number of hydrogen-bond donors (Lipinski definition) is 2. The Morgan fingerprint density at radius 1 is 1.44 bits per heavy atom. The molecule has 18 heavy (non-hydrogen) atoms. The number of carbonyl (C=O) groups excluding carboxylic acids is 1. The molecule has 1 saturated carbocycles. The van der Waals surface area contributed by atoms with Crippen molar-refractivity contribution in [3.63, 3.8) is 0 Å². The molecule has 0 aliphatic heterocycles. The lowest BCUT2D eigenvalue weighted by Crippen LogP contribution is -2.31. The van der Waals surface area contributed by atoms with Crippen LogP contribution in [-0.2, 0) is 11.4 Å². The second-order valence-electron chi connectivity index (χ2n) is 5.74. The molecule has 1 fully saturated rings. The van der Waals surface area contributed by atoms with E-state index in [1.165, 1.54) is 0 Å². The fourth-order valence-corrected chi connectivity index (χ4v) is 2.81. The van der Waals surface area contributed by atoms with Gasteiger partial charge in [-0.15, -0.1) is 0 Å². The molecular formula is C15H21NO2. The van der Waals surface area contributed by atoms with Gasteiger partial charge in [0.25, 0.3) is 0 Å². The van der Waals surface area contributed by atoms with Gasteiger partial charge in [-0.3, -0.25) is 4.79 Å². The first-order chi connectivity index (χ1) is 8.54. The van der Waals surface area contributed by atoms with Crippen LogP contribution in [0, 0.1) is 11.3 Å². The average Bonchev–Trinajstić information content (AvgIpc) is 2.69. The predicted molar refractivity (Wildman–Crippen MR) is 72.1 cm³/mol. The number of hydrogen-bond acceptors (Lipinski definition) is 2. The van der Waals surface area contributed by atoms with Crippen LogP contribution < -0.4 is 5.32 Å². The van der Waals surface area contributed by atoms with Gasteiger partial charge in [-0.05, 0) is 24.3 Å². The number of aliphatic hydroxyl groups excluding tert-OH is 1. The molecule has 1 aromatic rings. The monoisotopic (exact) mass is 247 g/mol. The molecule has 3 nitrogen and oxygen atoms in total. The van der Waals surface area contributed by atoms with Crippen molar-refractivity contribution < 1.29 is 9.90 Å². The van der Waals surface area contributed by atoms with E-state index in [4.69, 9.17) is 0 Å². The van der Waals surface area contributed by atoms with Crippen molar-refractivity contribution in [1.29, 1.82) is 0 Å². The van der Waals surface area contributed by atoms with Crippen LogP contribution in [0.3, 0.4) is 0 Å². The molecule has 1 aliphatic rings. The third kappa shape index (κ3) is 2.56. The molecule has 1 atom stereocenters. The molecule has 1 amide bonds. The molecule has 1 aromatic carbocycles. The Labute approximate surface area is 108 Å². The van der Waals surface area contributed by atoms with Crippen LogP contribution >= 0.6 is 0 Å². The average molecular weight is 247 g/mol. The second kappa shape index (κ2) is 5.11. The third-order valence-electron chi connectivity index (χ3n) is 4.02. The molecular weight excluding hydrogens is 226 g/mol. The number of amides is 1. The highest BCUT2D eigenvalue weighted by atomic mass is 16.3. The molecule has 0 aromatic heterocycles. The minimum atomic E-state index is -0.0511. The maximum Gasteiger partial charge on any atom is 0.228 e. The number of benzene rings is 1. The Kier molecular flexibility index (Phi) is 3.71. The van der Waals surface area contributed by atoms with Crippen molar-refractivity contribution in [1.82, 2.24) is 0 Å². The lowest BCUT2D eigenvalue weighted by Gasteiger charge is -2.26. The van der Waals surface area contributed by atoms with E-state index in [-0.39, 0.29) is 23.8 Å². The van der Waals surface area contributed by atoms with Gasteiger partial charge in [-0.2, -0.15) is 0 Å². The molecule has 0 bridgehead atoms. The van der Waals surface area contributed by atoms with Gasteiger partial charge in [0.15, 0.2) is 0 Å². The lowest BCUT2D eigenvalue weighted by molar-refractivity contribution is -0.122. The molecule has 0 radical (unpaired) electrons.